The van der Waals surface area contributed by atoms with Crippen molar-refractivity contribution in [2.75, 3.05) is 13.1 Å². The van der Waals surface area contributed by atoms with Crippen molar-refractivity contribution in [2.24, 2.45) is 11.5 Å². The van der Waals surface area contributed by atoms with Gasteiger partial charge < -0.3 is 21.7 Å². The van der Waals surface area contributed by atoms with Gasteiger partial charge in [0.15, 0.2) is 0 Å². The predicted octanol–water partition coefficient (Wildman–Crippen LogP) is 2.14. The molecule has 1 saturated heterocycles. The summed E-state index contributed by atoms with van der Waals surface area (Å²) in [6.45, 7) is 14.4. The van der Waals surface area contributed by atoms with E-state index in [2.05, 4.69) is 31.0 Å². The zero-order valence-electron chi connectivity index (χ0n) is 13.5. The molecule has 0 spiro atoms. The Kier molecular flexibility index (Phi) is 7.61. The van der Waals surface area contributed by atoms with E-state index in [1.807, 2.05) is 32.9 Å². The number of nitrogens with one attached hydrogen (secondary N) is 1. The highest BCUT2D eigenvalue weighted by Gasteiger charge is 2.25. The van der Waals surface area contributed by atoms with Gasteiger partial charge in [-0.2, -0.15) is 0 Å². The first-order valence-corrected chi connectivity index (χ1v) is 7.20. The van der Waals surface area contributed by atoms with Crippen molar-refractivity contribution >= 4 is 0 Å². The number of likely N-dealkylation sites (tertiary alicyclic amines) is 1. The average Bonchev–Trinajstić information content (AvgIpc) is 2.74. The van der Waals surface area contributed by atoms with Crippen LogP contribution < -0.4 is 16.8 Å². The maximum atomic E-state index is 6.01. The average molecular weight is 268 g/mol. The molecule has 1 fully saturated rings. The number of hydrogen-bond acceptors (Lipinski definition) is 4. The normalized spacial score (nSPS) is 21.2. The fourth-order valence-electron chi connectivity index (χ4n) is 2.05. The van der Waals surface area contributed by atoms with E-state index in [0.717, 1.165) is 31.0 Å². The number of nitrogens with zero attached hydrogens (tertiary/aromatic N) is 1. The second-order valence-corrected chi connectivity index (χ2v) is 5.83. The van der Waals surface area contributed by atoms with Crippen LogP contribution in [0.25, 0.3) is 0 Å². The molecule has 0 aromatic carbocycles. The lowest BCUT2D eigenvalue weighted by Gasteiger charge is -2.26. The molecule has 1 heterocycles. The molecule has 19 heavy (non-hydrogen) atoms. The van der Waals surface area contributed by atoms with E-state index in [9.17, 15) is 0 Å². The van der Waals surface area contributed by atoms with Crippen molar-refractivity contribution in [1.82, 2.24) is 10.2 Å². The van der Waals surface area contributed by atoms with Crippen LogP contribution in [0.2, 0.25) is 0 Å². The maximum absolute atomic E-state index is 6.01. The van der Waals surface area contributed by atoms with Gasteiger partial charge in [0.2, 0.25) is 0 Å². The molecule has 1 rings (SSSR count). The van der Waals surface area contributed by atoms with Crippen molar-refractivity contribution < 1.29 is 0 Å². The lowest BCUT2D eigenvalue weighted by Crippen LogP contribution is -2.45. The van der Waals surface area contributed by atoms with Crippen LogP contribution in [-0.4, -0.2) is 29.6 Å². The van der Waals surface area contributed by atoms with Gasteiger partial charge in [-0.15, -0.1) is 0 Å². The van der Waals surface area contributed by atoms with Gasteiger partial charge in [-0.1, -0.05) is 13.8 Å². The van der Waals surface area contributed by atoms with Crippen molar-refractivity contribution in [3.8, 4) is 0 Å². The molecule has 5 N–H and O–H groups in total. The molecule has 1 aliphatic heterocycles. The molecule has 0 aromatic heterocycles. The Morgan fingerprint density at radius 3 is 2.26 bits per heavy atom. The second-order valence-electron chi connectivity index (χ2n) is 5.83. The highest BCUT2D eigenvalue weighted by atomic mass is 15.2. The standard InChI is InChI=1S/C13H26N4.C2H6/c1-10(14)5-6-12(15)17-8-7-11(9-17)16-13(2,3)4;1-2/h5-6,11,16H,7-9,14-15H2,1-4H3;1-2H3/b10-5-,12-6+;. The number of rotatable bonds is 3. The minimum absolute atomic E-state index is 0.160. The summed E-state index contributed by atoms with van der Waals surface area (Å²) in [5.74, 6) is 0.799. The molecule has 1 aliphatic rings. The summed E-state index contributed by atoms with van der Waals surface area (Å²) in [4.78, 5) is 2.20. The van der Waals surface area contributed by atoms with E-state index >= 15 is 0 Å². The van der Waals surface area contributed by atoms with Crippen LogP contribution in [0.5, 0.6) is 0 Å². The summed E-state index contributed by atoms with van der Waals surface area (Å²) in [5, 5.41) is 3.60. The van der Waals surface area contributed by atoms with Crippen LogP contribution in [0.15, 0.2) is 23.7 Å². The summed E-state index contributed by atoms with van der Waals surface area (Å²) in [6, 6.07) is 0.518. The maximum Gasteiger partial charge on any atom is 0.0987 e. The third kappa shape index (κ3) is 7.78. The minimum atomic E-state index is 0.160. The van der Waals surface area contributed by atoms with E-state index in [4.69, 9.17) is 11.5 Å². The highest BCUT2D eigenvalue weighted by molar-refractivity contribution is 5.13. The van der Waals surface area contributed by atoms with E-state index in [-0.39, 0.29) is 5.54 Å². The molecule has 4 heteroatoms. The zero-order valence-corrected chi connectivity index (χ0v) is 13.5. The Labute approximate surface area is 118 Å². The van der Waals surface area contributed by atoms with Crippen molar-refractivity contribution in [2.45, 2.75) is 59.5 Å². The lowest BCUT2D eigenvalue weighted by atomic mass is 10.1. The molecule has 4 nitrogen and oxygen atoms in total. The molecule has 0 amide bonds. The first kappa shape index (κ1) is 17.8. The van der Waals surface area contributed by atoms with Crippen molar-refractivity contribution in [3.05, 3.63) is 23.7 Å². The van der Waals surface area contributed by atoms with Gasteiger partial charge in [0.1, 0.15) is 0 Å². The third-order valence-corrected chi connectivity index (χ3v) is 2.71. The van der Waals surface area contributed by atoms with Gasteiger partial charge in [0.05, 0.1) is 5.82 Å². The summed E-state index contributed by atoms with van der Waals surface area (Å²) < 4.78 is 0. The van der Waals surface area contributed by atoms with Gasteiger partial charge >= 0.3 is 0 Å². The van der Waals surface area contributed by atoms with Crippen LogP contribution in [0.1, 0.15) is 48.0 Å². The van der Waals surface area contributed by atoms with Gasteiger partial charge in [0, 0.05) is 30.4 Å². The first-order chi connectivity index (χ1) is 8.78. The van der Waals surface area contributed by atoms with E-state index in [1.54, 1.807) is 0 Å². The summed E-state index contributed by atoms with van der Waals surface area (Å²) in [5.41, 5.74) is 12.5. The Bertz CT molecular complexity index is 309. The second kappa shape index (κ2) is 8.10. The molecule has 0 bridgehead atoms. The van der Waals surface area contributed by atoms with E-state index in [1.165, 1.54) is 0 Å². The van der Waals surface area contributed by atoms with Crippen molar-refractivity contribution in [1.29, 1.82) is 0 Å². The van der Waals surface area contributed by atoms with Gasteiger partial charge in [-0.05, 0) is 46.3 Å². The molecular formula is C15H32N4. The molecule has 1 atom stereocenters. The van der Waals surface area contributed by atoms with Crippen LogP contribution >= 0.6 is 0 Å². The van der Waals surface area contributed by atoms with Crippen LogP contribution in [0.4, 0.5) is 0 Å². The van der Waals surface area contributed by atoms with E-state index < -0.39 is 0 Å². The molecule has 112 valence electrons. The molecule has 1 unspecified atom stereocenters. The number of nitrogens with two attached hydrogens (primary N) is 2. The fraction of sp³-hybridized carbons (Fsp3) is 0.733. The first-order valence-electron chi connectivity index (χ1n) is 7.20. The molecule has 0 saturated carbocycles. The predicted molar refractivity (Wildman–Crippen MR) is 84.4 cm³/mol. The Balaban J connectivity index is 0.00000154. The third-order valence-electron chi connectivity index (χ3n) is 2.71. The van der Waals surface area contributed by atoms with Crippen LogP contribution in [0.3, 0.4) is 0 Å². The summed E-state index contributed by atoms with van der Waals surface area (Å²) in [6.07, 6.45) is 4.87. The Hall–Kier alpha value is -1.16. The summed E-state index contributed by atoms with van der Waals surface area (Å²) in [7, 11) is 0. The molecule has 0 aromatic rings. The highest BCUT2D eigenvalue weighted by Crippen LogP contribution is 2.15. The van der Waals surface area contributed by atoms with E-state index in [0.29, 0.717) is 6.04 Å². The monoisotopic (exact) mass is 268 g/mol. The van der Waals surface area contributed by atoms with Gasteiger partial charge in [-0.25, -0.2) is 0 Å². The molecular weight excluding hydrogens is 236 g/mol. The number of allylic oxidation sites excluding steroid dienone is 3. The lowest BCUT2D eigenvalue weighted by molar-refractivity contribution is 0.345. The van der Waals surface area contributed by atoms with Crippen LogP contribution in [0, 0.1) is 0 Å². The largest absolute Gasteiger partial charge is 0.402 e. The molecule has 0 radical (unpaired) electrons. The van der Waals surface area contributed by atoms with Crippen molar-refractivity contribution in [3.63, 3.8) is 0 Å². The zero-order chi connectivity index (χ0) is 15.1. The Morgan fingerprint density at radius 1 is 1.21 bits per heavy atom. The fourth-order valence-corrected chi connectivity index (χ4v) is 2.05. The van der Waals surface area contributed by atoms with Gasteiger partial charge in [-0.3, -0.25) is 0 Å². The van der Waals surface area contributed by atoms with Crippen LogP contribution in [-0.2, 0) is 0 Å². The van der Waals surface area contributed by atoms with Gasteiger partial charge in [0.25, 0.3) is 0 Å². The minimum Gasteiger partial charge on any atom is -0.402 e. The topological polar surface area (TPSA) is 67.3 Å². The smallest absolute Gasteiger partial charge is 0.0987 e. The quantitative estimate of drug-likeness (QED) is 0.686. The Morgan fingerprint density at radius 2 is 1.79 bits per heavy atom. The number of hydrogen-bond donors (Lipinski definition) is 3. The molecule has 0 aliphatic carbocycles. The SMILES string of the molecule is C/C(N)=C/C=C(\N)N1CCC(NC(C)(C)C)C1.CC. The summed E-state index contributed by atoms with van der Waals surface area (Å²) >= 11 is 0.